The van der Waals surface area contributed by atoms with Crippen molar-refractivity contribution in [2.75, 3.05) is 12.0 Å². The number of methoxy groups -OCH3 is 1. The zero-order valence-electron chi connectivity index (χ0n) is 22.0. The number of fused-ring (bicyclic) bond motifs is 1. The van der Waals surface area contributed by atoms with Crippen LogP contribution in [0.3, 0.4) is 0 Å². The summed E-state index contributed by atoms with van der Waals surface area (Å²) < 4.78 is 10.6. The Morgan fingerprint density at radius 3 is 2.13 bits per heavy atom. The van der Waals surface area contributed by atoms with Crippen LogP contribution in [0.15, 0.2) is 91.0 Å². The van der Waals surface area contributed by atoms with Gasteiger partial charge in [0.15, 0.2) is 0 Å². The number of anilines is 1. The Morgan fingerprint density at radius 2 is 1.56 bits per heavy atom. The quantitative estimate of drug-likeness (QED) is 0.175. The molecule has 39 heavy (non-hydrogen) atoms. The molecule has 200 valence electrons. The van der Waals surface area contributed by atoms with Gasteiger partial charge in [0, 0.05) is 23.6 Å². The van der Waals surface area contributed by atoms with E-state index in [-0.39, 0.29) is 11.3 Å². The van der Waals surface area contributed by atoms with Crippen LogP contribution in [0.2, 0.25) is 0 Å². The third-order valence-corrected chi connectivity index (χ3v) is 6.58. The van der Waals surface area contributed by atoms with E-state index in [4.69, 9.17) is 9.47 Å². The number of esters is 1. The number of para-hydroxylation sites is 1. The Balaban J connectivity index is 2.08. The van der Waals surface area contributed by atoms with Gasteiger partial charge in [0.1, 0.15) is 11.0 Å². The van der Waals surface area contributed by atoms with E-state index < -0.39 is 39.8 Å². The smallest absolute Gasteiger partial charge is 0.421 e. The van der Waals surface area contributed by atoms with Crippen molar-refractivity contribution in [1.29, 1.82) is 0 Å². The molecule has 2 amide bonds. The fraction of sp³-hybridized carbons (Fsp3) is 0.233. The number of non-ortho nitro benzene ring substituents is 1. The molecule has 0 bridgehead atoms. The number of hydrogen-bond donors (Lipinski definition) is 0. The molecule has 0 spiro atoms. The van der Waals surface area contributed by atoms with Gasteiger partial charge in [0.25, 0.3) is 11.6 Å². The average molecular weight is 529 g/mol. The van der Waals surface area contributed by atoms with Crippen LogP contribution in [0.4, 0.5) is 16.2 Å². The van der Waals surface area contributed by atoms with E-state index in [1.54, 1.807) is 75.4 Å². The van der Waals surface area contributed by atoms with E-state index in [2.05, 4.69) is 6.58 Å². The van der Waals surface area contributed by atoms with Crippen LogP contribution in [-0.4, -0.2) is 35.6 Å². The van der Waals surface area contributed by atoms with Gasteiger partial charge >= 0.3 is 12.1 Å². The van der Waals surface area contributed by atoms with Crippen LogP contribution in [0, 0.1) is 10.1 Å². The molecule has 2 atom stereocenters. The van der Waals surface area contributed by atoms with Crippen molar-refractivity contribution in [2.24, 2.45) is 0 Å². The lowest BCUT2D eigenvalue weighted by atomic mass is 9.61. The number of ether oxygens (including phenoxy) is 2. The highest BCUT2D eigenvalue weighted by Gasteiger charge is 2.60. The number of nitro benzene ring substituents is 1. The summed E-state index contributed by atoms with van der Waals surface area (Å²) in [7, 11) is 1.20. The topological polar surface area (TPSA) is 116 Å². The first kappa shape index (κ1) is 27.3. The lowest BCUT2D eigenvalue weighted by Gasteiger charge is -2.38. The third-order valence-electron chi connectivity index (χ3n) is 6.58. The van der Waals surface area contributed by atoms with Crippen LogP contribution >= 0.6 is 0 Å². The fourth-order valence-corrected chi connectivity index (χ4v) is 5.07. The Labute approximate surface area is 225 Å². The van der Waals surface area contributed by atoms with Gasteiger partial charge in [-0.2, -0.15) is 0 Å². The van der Waals surface area contributed by atoms with Crippen molar-refractivity contribution in [2.45, 2.75) is 37.7 Å². The molecule has 0 saturated carbocycles. The summed E-state index contributed by atoms with van der Waals surface area (Å²) >= 11 is 0. The number of amides is 2. The zero-order valence-corrected chi connectivity index (χ0v) is 22.0. The maximum Gasteiger partial charge on any atom is 0.421 e. The molecule has 1 aliphatic heterocycles. The number of benzene rings is 3. The molecule has 0 unspecified atom stereocenters. The number of imide groups is 1. The van der Waals surface area contributed by atoms with Crippen LogP contribution in [-0.2, 0) is 24.5 Å². The van der Waals surface area contributed by atoms with Crippen LogP contribution in [0.5, 0.6) is 0 Å². The minimum absolute atomic E-state index is 0.0654. The number of carbonyl (C=O) groups excluding carboxylic acids is 3. The molecule has 9 heteroatoms. The Hall–Kier alpha value is -4.79. The van der Waals surface area contributed by atoms with Gasteiger partial charge < -0.3 is 9.47 Å². The summed E-state index contributed by atoms with van der Waals surface area (Å²) in [6.07, 6.45) is -0.871. The largest absolute Gasteiger partial charge is 0.466 e. The van der Waals surface area contributed by atoms with Gasteiger partial charge in [0.05, 0.1) is 17.7 Å². The molecular weight excluding hydrogens is 500 g/mol. The highest BCUT2D eigenvalue weighted by Crippen LogP contribution is 2.56. The van der Waals surface area contributed by atoms with Crippen molar-refractivity contribution in [3.05, 3.63) is 118 Å². The van der Waals surface area contributed by atoms with E-state index in [0.717, 1.165) is 4.90 Å². The van der Waals surface area contributed by atoms with E-state index >= 15 is 0 Å². The maximum atomic E-state index is 14.7. The normalized spacial score (nSPS) is 17.2. The van der Waals surface area contributed by atoms with Gasteiger partial charge in [-0.15, -0.1) is 0 Å². The van der Waals surface area contributed by atoms with Gasteiger partial charge in [-0.3, -0.25) is 14.9 Å². The number of rotatable bonds is 6. The highest BCUT2D eigenvalue weighted by molar-refractivity contribution is 6.23. The summed E-state index contributed by atoms with van der Waals surface area (Å²) in [6, 6.07) is 21.1. The summed E-state index contributed by atoms with van der Waals surface area (Å²) in [5.41, 5.74) is -1.16. The van der Waals surface area contributed by atoms with E-state index in [0.29, 0.717) is 22.4 Å². The van der Waals surface area contributed by atoms with E-state index in [1.807, 2.05) is 0 Å². The minimum atomic E-state index is -1.67. The number of carbonyl (C=O) groups is 3. The number of nitrogens with zero attached hydrogens (tertiary/aromatic N) is 2. The summed E-state index contributed by atoms with van der Waals surface area (Å²) in [5, 5.41) is 11.4. The first-order valence-corrected chi connectivity index (χ1v) is 12.2. The Bertz CT molecular complexity index is 1460. The van der Waals surface area contributed by atoms with Crippen molar-refractivity contribution >= 4 is 29.3 Å². The predicted octanol–water partition coefficient (Wildman–Crippen LogP) is 5.68. The molecule has 9 nitrogen and oxygen atoms in total. The first-order valence-electron chi connectivity index (χ1n) is 12.2. The lowest BCUT2D eigenvalue weighted by Crippen LogP contribution is -2.49. The molecule has 0 saturated heterocycles. The van der Waals surface area contributed by atoms with Gasteiger partial charge in [-0.25, -0.2) is 14.5 Å². The summed E-state index contributed by atoms with van der Waals surface area (Å²) in [4.78, 5) is 53.0. The van der Waals surface area contributed by atoms with Crippen LogP contribution in [0.1, 0.15) is 43.4 Å². The molecule has 3 aromatic carbocycles. The van der Waals surface area contributed by atoms with E-state index in [9.17, 15) is 24.5 Å². The second-order valence-electron chi connectivity index (χ2n) is 10.1. The summed E-state index contributed by atoms with van der Waals surface area (Å²) in [6.45, 7) is 9.10. The van der Waals surface area contributed by atoms with Gasteiger partial charge in [0.2, 0.25) is 0 Å². The number of hydrogen-bond acceptors (Lipinski definition) is 7. The molecule has 0 fully saturated rings. The second-order valence-corrected chi connectivity index (χ2v) is 10.1. The predicted molar refractivity (Wildman–Crippen MR) is 144 cm³/mol. The Kier molecular flexibility index (Phi) is 7.10. The molecule has 0 aromatic heterocycles. The fourth-order valence-electron chi connectivity index (χ4n) is 5.07. The average Bonchev–Trinajstić information content (AvgIpc) is 3.17. The van der Waals surface area contributed by atoms with Crippen molar-refractivity contribution in [3.63, 3.8) is 0 Å². The monoisotopic (exact) mass is 528 g/mol. The van der Waals surface area contributed by atoms with Crippen LogP contribution < -0.4 is 4.90 Å². The molecule has 0 N–H and O–H groups in total. The van der Waals surface area contributed by atoms with Crippen molar-refractivity contribution in [1.82, 2.24) is 0 Å². The minimum Gasteiger partial charge on any atom is -0.466 e. The van der Waals surface area contributed by atoms with Crippen molar-refractivity contribution in [3.8, 4) is 0 Å². The van der Waals surface area contributed by atoms with E-state index in [1.165, 1.54) is 31.4 Å². The summed E-state index contributed by atoms with van der Waals surface area (Å²) in [5.74, 6) is -2.53. The molecule has 3 aromatic rings. The Morgan fingerprint density at radius 1 is 0.974 bits per heavy atom. The molecular formula is C30H28N2O7. The number of nitro groups is 1. The molecule has 1 aliphatic rings. The standard InChI is InChI=1S/C30H28N2O7/c1-19(26(33)38-5)25(20-15-17-22(18-16-20)32(36)37)30(21-11-7-6-8-12-21)23-13-9-10-14-24(23)31(27(30)34)28(35)39-29(2,3)4/h6-18,25H,1H2,2-5H3/t25-,30-/m0/s1. The molecule has 1 heterocycles. The third kappa shape index (κ3) is 4.67. The second kappa shape index (κ2) is 10.2. The molecule has 0 radical (unpaired) electrons. The highest BCUT2D eigenvalue weighted by atomic mass is 16.6. The zero-order chi connectivity index (χ0) is 28.5. The SMILES string of the molecule is C=C(C(=O)OC)[C@@H](c1ccc([N+](=O)[O-])cc1)[C@@]1(c2ccccc2)C(=O)N(C(=O)OC(C)(C)C)c2ccccc21. The maximum absolute atomic E-state index is 14.7. The van der Waals surface area contributed by atoms with Gasteiger partial charge in [-0.05, 0) is 43.5 Å². The first-order chi connectivity index (χ1) is 18.4. The van der Waals surface area contributed by atoms with Crippen molar-refractivity contribution < 1.29 is 28.8 Å². The van der Waals surface area contributed by atoms with Crippen LogP contribution in [0.25, 0.3) is 0 Å². The lowest BCUT2D eigenvalue weighted by molar-refractivity contribution is -0.384. The van der Waals surface area contributed by atoms with Gasteiger partial charge in [-0.1, -0.05) is 67.2 Å². The molecule has 0 aliphatic carbocycles. The molecule has 4 rings (SSSR count).